The topological polar surface area (TPSA) is 15.3 Å². The van der Waals surface area contributed by atoms with Crippen molar-refractivity contribution in [2.75, 3.05) is 26.2 Å². The van der Waals surface area contributed by atoms with Gasteiger partial charge in [-0.3, -0.25) is 0 Å². The summed E-state index contributed by atoms with van der Waals surface area (Å²) in [5, 5.41) is 3.78. The van der Waals surface area contributed by atoms with E-state index in [-0.39, 0.29) is 0 Å². The highest BCUT2D eigenvalue weighted by atomic mass is 15.2. The van der Waals surface area contributed by atoms with Gasteiger partial charge in [0, 0.05) is 25.7 Å². The van der Waals surface area contributed by atoms with Gasteiger partial charge in [0.05, 0.1) is 0 Å². The van der Waals surface area contributed by atoms with Gasteiger partial charge in [0.2, 0.25) is 0 Å². The molecule has 4 atom stereocenters. The van der Waals surface area contributed by atoms with Crippen LogP contribution < -0.4 is 5.32 Å². The fourth-order valence-electron chi connectivity index (χ4n) is 4.67. The SMILES string of the molecule is CCCNC1CCCC1CN1CC2CCCC2C1. The summed E-state index contributed by atoms with van der Waals surface area (Å²) >= 11 is 0. The molecule has 3 fully saturated rings. The van der Waals surface area contributed by atoms with Crippen LogP contribution >= 0.6 is 0 Å². The minimum absolute atomic E-state index is 0.824. The number of hydrogen-bond acceptors (Lipinski definition) is 2. The first-order chi connectivity index (χ1) is 8.86. The molecule has 2 heteroatoms. The number of likely N-dealkylation sites (tertiary alicyclic amines) is 1. The Morgan fingerprint density at radius 2 is 1.72 bits per heavy atom. The fraction of sp³-hybridized carbons (Fsp3) is 1.00. The second kappa shape index (κ2) is 5.92. The normalized spacial score (nSPS) is 40.5. The van der Waals surface area contributed by atoms with Gasteiger partial charge in [-0.1, -0.05) is 19.8 Å². The predicted octanol–water partition coefficient (Wildman–Crippen LogP) is 2.89. The molecular formula is C16H30N2. The second-order valence-electron chi connectivity index (χ2n) is 6.92. The lowest BCUT2D eigenvalue weighted by atomic mass is 10.0. The van der Waals surface area contributed by atoms with Gasteiger partial charge >= 0.3 is 0 Å². The lowest BCUT2D eigenvalue weighted by Crippen LogP contribution is -2.39. The van der Waals surface area contributed by atoms with Crippen LogP contribution in [0.1, 0.15) is 51.9 Å². The van der Waals surface area contributed by atoms with E-state index in [1.54, 1.807) is 0 Å². The third kappa shape index (κ3) is 2.75. The molecule has 0 radical (unpaired) electrons. The lowest BCUT2D eigenvalue weighted by molar-refractivity contribution is 0.237. The molecule has 1 aliphatic heterocycles. The largest absolute Gasteiger partial charge is 0.314 e. The second-order valence-corrected chi connectivity index (χ2v) is 6.92. The molecule has 2 aliphatic carbocycles. The van der Waals surface area contributed by atoms with Crippen LogP contribution in [0, 0.1) is 17.8 Å². The molecular weight excluding hydrogens is 220 g/mol. The quantitative estimate of drug-likeness (QED) is 0.807. The Kier molecular flexibility index (Phi) is 4.25. The summed E-state index contributed by atoms with van der Waals surface area (Å²) in [5.41, 5.74) is 0. The summed E-state index contributed by atoms with van der Waals surface area (Å²) < 4.78 is 0. The summed E-state index contributed by atoms with van der Waals surface area (Å²) in [6.45, 7) is 7.71. The highest BCUT2D eigenvalue weighted by Crippen LogP contribution is 2.38. The van der Waals surface area contributed by atoms with Crippen LogP contribution in [0.25, 0.3) is 0 Å². The van der Waals surface area contributed by atoms with E-state index in [2.05, 4.69) is 17.1 Å². The van der Waals surface area contributed by atoms with Gasteiger partial charge in [0.25, 0.3) is 0 Å². The van der Waals surface area contributed by atoms with E-state index in [0.717, 1.165) is 23.8 Å². The van der Waals surface area contributed by atoms with Crippen molar-refractivity contribution in [1.82, 2.24) is 10.2 Å². The van der Waals surface area contributed by atoms with Crippen molar-refractivity contribution in [3.05, 3.63) is 0 Å². The summed E-state index contributed by atoms with van der Waals surface area (Å²) in [4.78, 5) is 2.80. The molecule has 4 unspecified atom stereocenters. The smallest absolute Gasteiger partial charge is 0.0107 e. The Labute approximate surface area is 113 Å². The number of fused-ring (bicyclic) bond motifs is 1. The Hall–Kier alpha value is -0.0800. The van der Waals surface area contributed by atoms with Crippen molar-refractivity contribution in [1.29, 1.82) is 0 Å². The highest BCUT2D eigenvalue weighted by Gasteiger charge is 2.38. The molecule has 0 amide bonds. The van der Waals surface area contributed by atoms with Crippen molar-refractivity contribution < 1.29 is 0 Å². The van der Waals surface area contributed by atoms with E-state index in [4.69, 9.17) is 0 Å². The van der Waals surface area contributed by atoms with E-state index in [0.29, 0.717) is 0 Å². The van der Waals surface area contributed by atoms with Gasteiger partial charge in [-0.15, -0.1) is 0 Å². The summed E-state index contributed by atoms with van der Waals surface area (Å²) in [5.74, 6) is 3.07. The van der Waals surface area contributed by atoms with Gasteiger partial charge in [-0.25, -0.2) is 0 Å². The standard InChI is InChI=1S/C16H30N2/c1-2-9-17-16-8-4-7-15(16)12-18-10-13-5-3-6-14(13)11-18/h13-17H,2-12H2,1H3. The Morgan fingerprint density at radius 1 is 1.00 bits per heavy atom. The maximum absolute atomic E-state index is 3.78. The molecule has 18 heavy (non-hydrogen) atoms. The van der Waals surface area contributed by atoms with Gasteiger partial charge in [-0.05, 0) is 56.4 Å². The lowest BCUT2D eigenvalue weighted by Gasteiger charge is -2.26. The highest BCUT2D eigenvalue weighted by molar-refractivity contribution is 4.92. The van der Waals surface area contributed by atoms with Crippen LogP contribution in [0.3, 0.4) is 0 Å². The number of hydrogen-bond donors (Lipinski definition) is 1. The first kappa shape index (κ1) is 12.9. The molecule has 0 aromatic carbocycles. The summed E-state index contributed by atoms with van der Waals surface area (Å²) in [7, 11) is 0. The average Bonchev–Trinajstić information content (AvgIpc) is 3.02. The van der Waals surface area contributed by atoms with Crippen LogP contribution in [0.2, 0.25) is 0 Å². The summed E-state index contributed by atoms with van der Waals surface area (Å²) in [6, 6.07) is 0.824. The van der Waals surface area contributed by atoms with Crippen LogP contribution in [-0.2, 0) is 0 Å². The van der Waals surface area contributed by atoms with Crippen molar-refractivity contribution in [3.63, 3.8) is 0 Å². The van der Waals surface area contributed by atoms with Crippen LogP contribution in [-0.4, -0.2) is 37.1 Å². The van der Waals surface area contributed by atoms with Crippen molar-refractivity contribution in [2.45, 2.75) is 57.9 Å². The maximum atomic E-state index is 3.78. The fourth-order valence-corrected chi connectivity index (χ4v) is 4.67. The van der Waals surface area contributed by atoms with E-state index in [9.17, 15) is 0 Å². The van der Waals surface area contributed by atoms with E-state index >= 15 is 0 Å². The van der Waals surface area contributed by atoms with Crippen molar-refractivity contribution in [2.24, 2.45) is 17.8 Å². The Bertz CT molecular complexity index is 254. The zero-order valence-electron chi connectivity index (χ0n) is 12.0. The first-order valence-electron chi connectivity index (χ1n) is 8.32. The molecule has 3 rings (SSSR count). The molecule has 2 saturated carbocycles. The van der Waals surface area contributed by atoms with Gasteiger partial charge in [-0.2, -0.15) is 0 Å². The average molecular weight is 250 g/mol. The molecule has 0 bridgehead atoms. The molecule has 1 heterocycles. The summed E-state index contributed by atoms with van der Waals surface area (Å²) in [6.07, 6.45) is 10.2. The number of nitrogens with one attached hydrogen (secondary N) is 1. The Morgan fingerprint density at radius 3 is 2.44 bits per heavy atom. The predicted molar refractivity (Wildman–Crippen MR) is 76.7 cm³/mol. The van der Waals surface area contributed by atoms with Gasteiger partial charge in [0.1, 0.15) is 0 Å². The number of rotatable bonds is 5. The number of nitrogens with zero attached hydrogens (tertiary/aromatic N) is 1. The monoisotopic (exact) mass is 250 g/mol. The molecule has 1 saturated heterocycles. The third-order valence-corrected chi connectivity index (χ3v) is 5.61. The zero-order chi connectivity index (χ0) is 12.4. The molecule has 0 spiro atoms. The molecule has 2 nitrogen and oxygen atoms in total. The molecule has 1 N–H and O–H groups in total. The Balaban J connectivity index is 1.47. The zero-order valence-corrected chi connectivity index (χ0v) is 12.0. The van der Waals surface area contributed by atoms with E-state index in [1.807, 2.05) is 0 Å². The van der Waals surface area contributed by atoms with Crippen molar-refractivity contribution >= 4 is 0 Å². The van der Waals surface area contributed by atoms with Crippen molar-refractivity contribution in [3.8, 4) is 0 Å². The minimum Gasteiger partial charge on any atom is -0.314 e. The van der Waals surface area contributed by atoms with E-state index < -0.39 is 0 Å². The minimum atomic E-state index is 0.824. The van der Waals surface area contributed by atoms with Gasteiger partial charge < -0.3 is 10.2 Å². The molecule has 3 aliphatic rings. The van der Waals surface area contributed by atoms with E-state index in [1.165, 1.54) is 71.1 Å². The van der Waals surface area contributed by atoms with Crippen LogP contribution in [0.5, 0.6) is 0 Å². The maximum Gasteiger partial charge on any atom is 0.0107 e. The van der Waals surface area contributed by atoms with Crippen LogP contribution in [0.15, 0.2) is 0 Å². The van der Waals surface area contributed by atoms with Crippen LogP contribution in [0.4, 0.5) is 0 Å². The molecule has 0 aromatic heterocycles. The first-order valence-corrected chi connectivity index (χ1v) is 8.32. The third-order valence-electron chi connectivity index (χ3n) is 5.61. The molecule has 0 aromatic rings. The molecule has 104 valence electrons. The van der Waals surface area contributed by atoms with Gasteiger partial charge in [0.15, 0.2) is 0 Å².